The minimum absolute atomic E-state index is 0.0445. The number of hydrogen-bond donors (Lipinski definition) is 2. The van der Waals surface area contributed by atoms with Gasteiger partial charge in [0.15, 0.2) is 6.61 Å². The molecule has 0 aromatic heterocycles. The van der Waals surface area contributed by atoms with Crippen molar-refractivity contribution in [3.8, 4) is 0 Å². The fraction of sp³-hybridized carbons (Fsp3) is 0.471. The van der Waals surface area contributed by atoms with Crippen LogP contribution in [0, 0.1) is 11.8 Å². The molecule has 0 atom stereocenters. The maximum atomic E-state index is 12.2. The summed E-state index contributed by atoms with van der Waals surface area (Å²) in [5.74, 6) is -0.741. The van der Waals surface area contributed by atoms with Gasteiger partial charge in [0.05, 0.1) is 17.2 Å². The number of carbonyl (C=O) groups is 3. The van der Waals surface area contributed by atoms with Gasteiger partial charge in [-0.05, 0) is 30.9 Å². The zero-order valence-corrected chi connectivity index (χ0v) is 13.4. The summed E-state index contributed by atoms with van der Waals surface area (Å²) in [5, 5.41) is 5.43. The van der Waals surface area contributed by atoms with Gasteiger partial charge in [0.2, 0.25) is 0 Å². The number of nitrogens with one attached hydrogen (secondary N) is 2. The third-order valence-corrected chi connectivity index (χ3v) is 3.37. The highest BCUT2D eigenvalue weighted by atomic mass is 16.5. The molecule has 1 saturated carbocycles. The molecule has 0 bridgehead atoms. The Balaban J connectivity index is 1.92. The van der Waals surface area contributed by atoms with Crippen LogP contribution in [0.4, 0.5) is 5.69 Å². The summed E-state index contributed by atoms with van der Waals surface area (Å²) in [6.07, 6.45) is 1.67. The van der Waals surface area contributed by atoms with Gasteiger partial charge >= 0.3 is 5.97 Å². The summed E-state index contributed by atoms with van der Waals surface area (Å²) >= 11 is 0. The van der Waals surface area contributed by atoms with Crippen molar-refractivity contribution < 1.29 is 19.1 Å². The zero-order valence-electron chi connectivity index (χ0n) is 13.4. The number of para-hydroxylation sites is 1. The second kappa shape index (κ2) is 7.76. The molecule has 0 aliphatic heterocycles. The molecule has 1 fully saturated rings. The van der Waals surface area contributed by atoms with Crippen molar-refractivity contribution in [2.75, 3.05) is 18.5 Å². The summed E-state index contributed by atoms with van der Waals surface area (Å²) in [5.41, 5.74) is 0.788. The smallest absolute Gasteiger partial charge is 0.309 e. The van der Waals surface area contributed by atoms with E-state index in [-0.39, 0.29) is 24.4 Å². The largest absolute Gasteiger partial charge is 0.455 e. The van der Waals surface area contributed by atoms with Gasteiger partial charge in [-0.25, -0.2) is 0 Å². The number of amides is 2. The molecule has 0 heterocycles. The molecule has 0 spiro atoms. The second-order valence-corrected chi connectivity index (χ2v) is 6.08. The van der Waals surface area contributed by atoms with E-state index in [1.807, 2.05) is 13.8 Å². The van der Waals surface area contributed by atoms with E-state index in [0.29, 0.717) is 23.7 Å². The topological polar surface area (TPSA) is 84.5 Å². The average molecular weight is 318 g/mol. The summed E-state index contributed by atoms with van der Waals surface area (Å²) in [6.45, 7) is 4.22. The van der Waals surface area contributed by atoms with E-state index in [9.17, 15) is 14.4 Å². The van der Waals surface area contributed by atoms with Crippen molar-refractivity contribution in [3.05, 3.63) is 29.8 Å². The van der Waals surface area contributed by atoms with Crippen molar-refractivity contribution in [1.29, 1.82) is 0 Å². The van der Waals surface area contributed by atoms with Crippen LogP contribution in [0.5, 0.6) is 0 Å². The molecule has 0 radical (unpaired) electrons. The molecule has 6 nitrogen and oxygen atoms in total. The Hall–Kier alpha value is -2.37. The van der Waals surface area contributed by atoms with Crippen LogP contribution in [-0.4, -0.2) is 30.9 Å². The fourth-order valence-electron chi connectivity index (χ4n) is 1.94. The lowest BCUT2D eigenvalue weighted by Gasteiger charge is -2.12. The summed E-state index contributed by atoms with van der Waals surface area (Å²) in [4.78, 5) is 35.5. The van der Waals surface area contributed by atoms with Gasteiger partial charge in [0.1, 0.15) is 0 Å². The van der Waals surface area contributed by atoms with E-state index in [0.717, 1.165) is 12.8 Å². The molecule has 0 saturated heterocycles. The molecule has 1 aliphatic rings. The molecule has 1 aromatic rings. The van der Waals surface area contributed by atoms with E-state index in [4.69, 9.17) is 4.74 Å². The van der Waals surface area contributed by atoms with Gasteiger partial charge in [-0.15, -0.1) is 0 Å². The molecular weight excluding hydrogens is 296 g/mol. The first-order valence-electron chi connectivity index (χ1n) is 7.81. The quantitative estimate of drug-likeness (QED) is 0.753. The maximum Gasteiger partial charge on any atom is 0.309 e. The molecule has 2 N–H and O–H groups in total. The predicted octanol–water partition coefficient (Wildman–Crippen LogP) is 1.96. The van der Waals surface area contributed by atoms with Gasteiger partial charge < -0.3 is 15.4 Å². The lowest BCUT2D eigenvalue weighted by atomic mass is 10.1. The number of rotatable bonds is 7. The summed E-state index contributed by atoms with van der Waals surface area (Å²) < 4.78 is 4.93. The fourth-order valence-corrected chi connectivity index (χ4v) is 1.94. The van der Waals surface area contributed by atoms with Crippen LogP contribution in [-0.2, 0) is 14.3 Å². The van der Waals surface area contributed by atoms with Gasteiger partial charge in [0, 0.05) is 6.54 Å². The lowest BCUT2D eigenvalue weighted by Crippen LogP contribution is -2.29. The summed E-state index contributed by atoms with van der Waals surface area (Å²) in [7, 11) is 0. The highest BCUT2D eigenvalue weighted by Crippen LogP contribution is 2.30. The Morgan fingerprint density at radius 1 is 1.22 bits per heavy atom. The predicted molar refractivity (Wildman–Crippen MR) is 85.9 cm³/mol. The number of carbonyl (C=O) groups excluding carboxylic acids is 3. The molecule has 1 aliphatic carbocycles. The Morgan fingerprint density at radius 3 is 2.57 bits per heavy atom. The molecule has 2 rings (SSSR count). The monoisotopic (exact) mass is 318 g/mol. The van der Waals surface area contributed by atoms with Crippen LogP contribution in [0.2, 0.25) is 0 Å². The number of esters is 1. The highest BCUT2D eigenvalue weighted by molar-refractivity contribution is 6.04. The van der Waals surface area contributed by atoms with Gasteiger partial charge in [-0.1, -0.05) is 26.0 Å². The molecular formula is C17H22N2O4. The second-order valence-electron chi connectivity index (χ2n) is 6.08. The number of benzene rings is 1. The zero-order chi connectivity index (χ0) is 16.8. The number of ether oxygens (including phenoxy) is 1. The Morgan fingerprint density at radius 2 is 1.91 bits per heavy atom. The standard InChI is InChI=1S/C17H22N2O4/c1-11(2)9-18-16(21)13-5-3-4-6-14(13)19-15(20)10-23-17(22)12-7-8-12/h3-6,11-12H,7-10H2,1-2H3,(H,18,21)(H,19,20). The van der Waals surface area contributed by atoms with Crippen LogP contribution in [0.1, 0.15) is 37.0 Å². The van der Waals surface area contributed by atoms with E-state index in [2.05, 4.69) is 10.6 Å². The van der Waals surface area contributed by atoms with Gasteiger partial charge in [-0.2, -0.15) is 0 Å². The minimum atomic E-state index is -0.455. The summed E-state index contributed by atoms with van der Waals surface area (Å²) in [6, 6.07) is 6.74. The van der Waals surface area contributed by atoms with Gasteiger partial charge in [-0.3, -0.25) is 14.4 Å². The van der Waals surface area contributed by atoms with Crippen molar-refractivity contribution >= 4 is 23.5 Å². The van der Waals surface area contributed by atoms with E-state index in [1.165, 1.54) is 0 Å². The molecule has 23 heavy (non-hydrogen) atoms. The maximum absolute atomic E-state index is 12.2. The van der Waals surface area contributed by atoms with Gasteiger partial charge in [0.25, 0.3) is 11.8 Å². The van der Waals surface area contributed by atoms with Crippen LogP contribution in [0.15, 0.2) is 24.3 Å². The molecule has 2 amide bonds. The average Bonchev–Trinajstić information content (AvgIpc) is 3.35. The van der Waals surface area contributed by atoms with E-state index >= 15 is 0 Å². The first-order valence-corrected chi connectivity index (χ1v) is 7.81. The molecule has 0 unspecified atom stereocenters. The van der Waals surface area contributed by atoms with E-state index < -0.39 is 5.91 Å². The van der Waals surface area contributed by atoms with Crippen LogP contribution in [0.25, 0.3) is 0 Å². The first-order chi connectivity index (χ1) is 11.0. The normalized spacial score (nSPS) is 13.5. The number of hydrogen-bond acceptors (Lipinski definition) is 4. The molecule has 6 heteroatoms. The Bertz CT molecular complexity index is 594. The minimum Gasteiger partial charge on any atom is -0.455 e. The number of anilines is 1. The van der Waals surface area contributed by atoms with Crippen molar-refractivity contribution in [2.45, 2.75) is 26.7 Å². The Kier molecular flexibility index (Phi) is 5.73. The molecule has 124 valence electrons. The van der Waals surface area contributed by atoms with Crippen LogP contribution < -0.4 is 10.6 Å². The van der Waals surface area contributed by atoms with Crippen molar-refractivity contribution in [1.82, 2.24) is 5.32 Å². The Labute approximate surface area is 135 Å². The van der Waals surface area contributed by atoms with Crippen LogP contribution in [0.3, 0.4) is 0 Å². The van der Waals surface area contributed by atoms with Crippen LogP contribution >= 0.6 is 0 Å². The van der Waals surface area contributed by atoms with Crippen molar-refractivity contribution in [3.63, 3.8) is 0 Å². The lowest BCUT2D eigenvalue weighted by molar-refractivity contribution is -0.148. The highest BCUT2D eigenvalue weighted by Gasteiger charge is 2.31. The SMILES string of the molecule is CC(C)CNC(=O)c1ccccc1NC(=O)COC(=O)C1CC1. The van der Waals surface area contributed by atoms with Crippen molar-refractivity contribution in [2.24, 2.45) is 11.8 Å². The van der Waals surface area contributed by atoms with E-state index in [1.54, 1.807) is 24.3 Å². The third-order valence-electron chi connectivity index (χ3n) is 3.37. The molecule has 1 aromatic carbocycles. The first kappa shape index (κ1) is 17.0. The third kappa shape index (κ3) is 5.39.